The van der Waals surface area contributed by atoms with E-state index in [1.54, 1.807) is 0 Å². The second-order valence-corrected chi connectivity index (χ2v) is 3.12. The van der Waals surface area contributed by atoms with Crippen molar-refractivity contribution >= 4 is 11.8 Å². The van der Waals surface area contributed by atoms with Crippen LogP contribution < -0.4 is 0 Å². The van der Waals surface area contributed by atoms with Crippen molar-refractivity contribution in [3.8, 4) is 0 Å². The molecular weight excluding hydrogens is 176 g/mol. The van der Waals surface area contributed by atoms with Crippen LogP contribution in [0.25, 0.3) is 0 Å². The smallest absolute Gasteiger partial charge is 0.303 e. The normalized spacial score (nSPS) is 37.6. The fraction of sp³-hybridized carbons (Fsp3) is 0.750. The quantitative estimate of drug-likeness (QED) is 0.523. The van der Waals surface area contributed by atoms with Crippen molar-refractivity contribution in [2.24, 2.45) is 0 Å². The van der Waals surface area contributed by atoms with Crippen LogP contribution in [-0.4, -0.2) is 36.9 Å². The van der Waals surface area contributed by atoms with Gasteiger partial charge in [0.05, 0.1) is 6.61 Å². The second-order valence-electron chi connectivity index (χ2n) is 3.12. The molecule has 0 spiro atoms. The number of carbonyl (C=O) groups is 2. The molecule has 0 aromatic heterocycles. The lowest BCUT2D eigenvalue weighted by molar-refractivity contribution is -0.172. The van der Waals surface area contributed by atoms with Crippen molar-refractivity contribution in [3.63, 3.8) is 0 Å². The van der Waals surface area contributed by atoms with Crippen molar-refractivity contribution in [3.05, 3.63) is 0 Å². The Hall–Kier alpha value is -0.940. The number of esters is 1. The van der Waals surface area contributed by atoms with E-state index in [4.69, 9.17) is 14.2 Å². The van der Waals surface area contributed by atoms with Crippen molar-refractivity contribution in [1.29, 1.82) is 0 Å². The minimum absolute atomic E-state index is 0.191. The molecule has 2 aliphatic rings. The Kier molecular flexibility index (Phi) is 2.05. The highest BCUT2D eigenvalue weighted by Gasteiger charge is 2.44. The molecule has 2 fully saturated rings. The third kappa shape index (κ3) is 1.57. The van der Waals surface area contributed by atoms with E-state index >= 15 is 0 Å². The van der Waals surface area contributed by atoms with Crippen molar-refractivity contribution in [2.45, 2.75) is 31.8 Å². The zero-order valence-electron chi connectivity index (χ0n) is 7.19. The van der Waals surface area contributed by atoms with Crippen LogP contribution in [0.4, 0.5) is 0 Å². The van der Waals surface area contributed by atoms with E-state index in [1.165, 1.54) is 6.92 Å². The predicted molar refractivity (Wildman–Crippen MR) is 39.8 cm³/mol. The van der Waals surface area contributed by atoms with Crippen LogP contribution in [0.15, 0.2) is 0 Å². The molecule has 0 aromatic carbocycles. The summed E-state index contributed by atoms with van der Waals surface area (Å²) >= 11 is 0. The number of hydrogen-bond donors (Lipinski definition) is 0. The molecule has 5 nitrogen and oxygen atoms in total. The van der Waals surface area contributed by atoms with Crippen LogP contribution in [0, 0.1) is 0 Å². The van der Waals surface area contributed by atoms with Gasteiger partial charge in [0.2, 0.25) is 5.78 Å². The van der Waals surface area contributed by atoms with E-state index in [0.717, 1.165) is 0 Å². The molecule has 3 atom stereocenters. The minimum Gasteiger partial charge on any atom is -0.454 e. The largest absolute Gasteiger partial charge is 0.454 e. The molecule has 2 heterocycles. The summed E-state index contributed by atoms with van der Waals surface area (Å²) in [5.74, 6) is -0.636. The summed E-state index contributed by atoms with van der Waals surface area (Å²) in [5, 5.41) is 0. The molecule has 0 N–H and O–H groups in total. The zero-order chi connectivity index (χ0) is 9.42. The maximum Gasteiger partial charge on any atom is 0.303 e. The Labute approximate surface area is 74.9 Å². The van der Waals surface area contributed by atoms with Gasteiger partial charge in [0.1, 0.15) is 6.10 Å². The lowest BCUT2D eigenvalue weighted by Crippen LogP contribution is -2.42. The first-order chi connectivity index (χ1) is 6.16. The molecule has 2 aliphatic heterocycles. The van der Waals surface area contributed by atoms with E-state index in [1.807, 2.05) is 0 Å². The summed E-state index contributed by atoms with van der Waals surface area (Å²) in [5.41, 5.74) is 0. The average Bonchev–Trinajstić information content (AvgIpc) is 2.44. The van der Waals surface area contributed by atoms with Gasteiger partial charge in [0.25, 0.3) is 0 Å². The van der Waals surface area contributed by atoms with E-state index in [-0.39, 0.29) is 18.7 Å². The molecule has 0 saturated carbocycles. The SMILES string of the molecule is CC(=O)O[C@@H]1C[C@@H]2OC[C@@H](O2)C1=O. The molecule has 72 valence electrons. The molecule has 0 radical (unpaired) electrons. The van der Waals surface area contributed by atoms with Crippen molar-refractivity contribution < 1.29 is 23.8 Å². The van der Waals surface area contributed by atoms with Crippen LogP contribution in [0.5, 0.6) is 0 Å². The van der Waals surface area contributed by atoms with E-state index in [2.05, 4.69) is 0 Å². The molecule has 0 aliphatic carbocycles. The van der Waals surface area contributed by atoms with E-state index in [9.17, 15) is 9.59 Å². The van der Waals surface area contributed by atoms with Crippen molar-refractivity contribution in [1.82, 2.24) is 0 Å². The number of rotatable bonds is 1. The van der Waals surface area contributed by atoms with Crippen LogP contribution >= 0.6 is 0 Å². The summed E-state index contributed by atoms with van der Waals surface area (Å²) < 4.78 is 15.1. The van der Waals surface area contributed by atoms with Crippen LogP contribution in [0.1, 0.15) is 13.3 Å². The van der Waals surface area contributed by atoms with Gasteiger partial charge in [-0.2, -0.15) is 0 Å². The zero-order valence-corrected chi connectivity index (χ0v) is 7.19. The number of fused-ring (bicyclic) bond motifs is 2. The van der Waals surface area contributed by atoms with Gasteiger partial charge >= 0.3 is 5.97 Å². The van der Waals surface area contributed by atoms with Gasteiger partial charge in [-0.1, -0.05) is 0 Å². The van der Waals surface area contributed by atoms with Gasteiger partial charge in [-0.05, 0) is 0 Å². The molecule has 2 rings (SSSR count). The van der Waals surface area contributed by atoms with Crippen LogP contribution in [0.2, 0.25) is 0 Å². The summed E-state index contributed by atoms with van der Waals surface area (Å²) in [4.78, 5) is 22.1. The number of carbonyl (C=O) groups excluding carboxylic acids is 2. The van der Waals surface area contributed by atoms with E-state index < -0.39 is 18.2 Å². The first-order valence-corrected chi connectivity index (χ1v) is 4.15. The Morgan fingerprint density at radius 2 is 2.38 bits per heavy atom. The predicted octanol–water partition coefficient (Wildman–Crippen LogP) is -0.368. The summed E-state index contributed by atoms with van der Waals surface area (Å²) in [7, 11) is 0. The molecule has 0 amide bonds. The number of hydrogen-bond acceptors (Lipinski definition) is 5. The topological polar surface area (TPSA) is 61.8 Å². The maximum absolute atomic E-state index is 11.4. The fourth-order valence-electron chi connectivity index (χ4n) is 1.53. The number of Topliss-reactive ketones (excluding diaryl/α,β-unsaturated/α-hetero) is 1. The minimum atomic E-state index is -0.677. The summed E-state index contributed by atoms with van der Waals surface area (Å²) in [6.07, 6.45) is -1.28. The van der Waals surface area contributed by atoms with Gasteiger partial charge in [0, 0.05) is 13.3 Å². The third-order valence-corrected chi connectivity index (χ3v) is 2.10. The molecule has 0 aromatic rings. The molecule has 13 heavy (non-hydrogen) atoms. The highest BCUT2D eigenvalue weighted by Crippen LogP contribution is 2.26. The highest BCUT2D eigenvalue weighted by molar-refractivity contribution is 5.90. The first-order valence-electron chi connectivity index (χ1n) is 4.15. The average molecular weight is 186 g/mol. The monoisotopic (exact) mass is 186 g/mol. The number of ketones is 1. The first kappa shape index (κ1) is 8.65. The third-order valence-electron chi connectivity index (χ3n) is 2.10. The summed E-state index contributed by atoms with van der Waals surface area (Å²) in [6.45, 7) is 1.56. The lowest BCUT2D eigenvalue weighted by Gasteiger charge is -2.24. The molecule has 2 bridgehead atoms. The van der Waals surface area contributed by atoms with Crippen LogP contribution in [-0.2, 0) is 23.8 Å². The Bertz CT molecular complexity index is 249. The highest BCUT2D eigenvalue weighted by atomic mass is 16.7. The lowest BCUT2D eigenvalue weighted by atomic mass is 10.1. The standard InChI is InChI=1S/C8H10O5/c1-4(9)12-5-2-7-11-3-6(13-7)8(5)10/h5-7H,2-3H2,1H3/t5-,6-,7-/m1/s1. The molecular formula is C8H10O5. The van der Waals surface area contributed by atoms with Crippen molar-refractivity contribution in [2.75, 3.05) is 6.61 Å². The maximum atomic E-state index is 11.4. The van der Waals surface area contributed by atoms with Gasteiger partial charge in [-0.25, -0.2) is 0 Å². The van der Waals surface area contributed by atoms with Gasteiger partial charge < -0.3 is 14.2 Å². The van der Waals surface area contributed by atoms with Gasteiger partial charge in [-0.15, -0.1) is 0 Å². The molecule has 2 saturated heterocycles. The van der Waals surface area contributed by atoms with Crippen LogP contribution in [0.3, 0.4) is 0 Å². The Balaban J connectivity index is 2.04. The fourth-order valence-corrected chi connectivity index (χ4v) is 1.53. The van der Waals surface area contributed by atoms with Gasteiger partial charge in [-0.3, -0.25) is 9.59 Å². The van der Waals surface area contributed by atoms with E-state index in [0.29, 0.717) is 6.42 Å². The summed E-state index contributed by atoms with van der Waals surface area (Å²) in [6, 6.07) is 0. The Morgan fingerprint density at radius 1 is 1.62 bits per heavy atom. The Morgan fingerprint density at radius 3 is 3.08 bits per heavy atom. The number of ether oxygens (including phenoxy) is 3. The molecule has 0 unspecified atom stereocenters. The van der Waals surface area contributed by atoms with Gasteiger partial charge in [0.15, 0.2) is 12.4 Å². The second kappa shape index (κ2) is 3.08. The molecule has 5 heteroatoms.